The zero-order valence-corrected chi connectivity index (χ0v) is 32.9. The third-order valence-corrected chi connectivity index (χ3v) is 11.5. The first kappa shape index (κ1) is 34.7. The molecule has 0 spiro atoms. The number of benzene rings is 5. The number of pyridine rings is 2. The number of phenols is 2. The Morgan fingerprint density at radius 1 is 0.456 bits per heavy atom. The van der Waals surface area contributed by atoms with E-state index in [0.29, 0.717) is 38.3 Å². The van der Waals surface area contributed by atoms with Gasteiger partial charge in [0.25, 0.3) is 0 Å². The predicted octanol–water partition coefficient (Wildman–Crippen LogP) is 13.1. The number of aromatic amines is 1. The molecule has 0 aliphatic carbocycles. The third kappa shape index (κ3) is 5.74. The molecule has 57 heavy (non-hydrogen) atoms. The van der Waals surface area contributed by atoms with Gasteiger partial charge in [-0.05, 0) is 105 Å². The van der Waals surface area contributed by atoms with E-state index in [1.165, 1.54) is 0 Å². The molecule has 0 amide bonds. The number of nitrogens with one attached hydrogen (secondary N) is 1. The number of aromatic nitrogens is 4. The van der Waals surface area contributed by atoms with Gasteiger partial charge in [-0.25, -0.2) is 15.0 Å². The van der Waals surface area contributed by atoms with Gasteiger partial charge in [0.15, 0.2) is 0 Å². The number of aromatic hydroxyl groups is 2. The summed E-state index contributed by atoms with van der Waals surface area (Å²) in [7, 11) is 0. The van der Waals surface area contributed by atoms with Crippen LogP contribution in [-0.4, -0.2) is 30.1 Å². The summed E-state index contributed by atoms with van der Waals surface area (Å²) in [5, 5.41) is 31.2. The van der Waals surface area contributed by atoms with Gasteiger partial charge in [-0.1, -0.05) is 102 Å². The van der Waals surface area contributed by atoms with Crippen LogP contribution in [0.25, 0.3) is 99.5 Å². The quantitative estimate of drug-likeness (QED) is 0.146. The lowest BCUT2D eigenvalue weighted by molar-refractivity contribution is 0.486. The first-order chi connectivity index (χ1) is 27.3. The van der Waals surface area contributed by atoms with Crippen molar-refractivity contribution in [2.45, 2.75) is 52.4 Å². The average Bonchev–Trinajstić information content (AvgIpc) is 3.88. The minimum atomic E-state index is -0.230. The molecule has 12 bridgehead atoms. The van der Waals surface area contributed by atoms with Gasteiger partial charge in [0.2, 0.25) is 0 Å². The number of phenolic OH excluding ortho intramolecular Hbond substituents is 2. The molecule has 0 atom stereocenters. The second kappa shape index (κ2) is 12.4. The van der Waals surface area contributed by atoms with Crippen LogP contribution >= 0.6 is 0 Å². The first-order valence-electron chi connectivity index (χ1n) is 19.5. The molecular weight excluding hydrogens is 701 g/mol. The number of nitrogens with zero attached hydrogens (tertiary/aromatic N) is 3. The van der Waals surface area contributed by atoms with E-state index in [4.69, 9.17) is 15.0 Å². The summed E-state index contributed by atoms with van der Waals surface area (Å²) < 4.78 is 0. The second-order valence-electron chi connectivity index (χ2n) is 17.4. The van der Waals surface area contributed by atoms with E-state index in [1.54, 1.807) is 0 Å². The third-order valence-electron chi connectivity index (χ3n) is 11.5. The van der Waals surface area contributed by atoms with Crippen molar-refractivity contribution >= 4 is 88.3 Å². The molecule has 278 valence electrons. The van der Waals surface area contributed by atoms with Gasteiger partial charge in [-0.15, -0.1) is 0 Å². The smallest absolute Gasteiger partial charge is 0.134 e. The van der Waals surface area contributed by atoms with Crippen LogP contribution in [0.15, 0.2) is 115 Å². The Hall–Kier alpha value is -6.79. The van der Waals surface area contributed by atoms with Crippen molar-refractivity contribution in [3.8, 4) is 22.6 Å². The Morgan fingerprint density at radius 2 is 0.965 bits per heavy atom. The molecule has 10 rings (SSSR count). The van der Waals surface area contributed by atoms with Gasteiger partial charge in [0.1, 0.15) is 11.5 Å². The van der Waals surface area contributed by atoms with Gasteiger partial charge < -0.3 is 15.2 Å². The van der Waals surface area contributed by atoms with Crippen LogP contribution in [0.3, 0.4) is 0 Å². The van der Waals surface area contributed by atoms with E-state index in [1.807, 2.05) is 48.6 Å². The predicted molar refractivity (Wildman–Crippen MR) is 238 cm³/mol. The summed E-state index contributed by atoms with van der Waals surface area (Å²) >= 11 is 0. The van der Waals surface area contributed by atoms with Crippen LogP contribution in [0.5, 0.6) is 11.5 Å². The van der Waals surface area contributed by atoms with E-state index < -0.39 is 0 Å². The minimum Gasteiger partial charge on any atom is -0.507 e. The Labute approximate surface area is 330 Å². The summed E-state index contributed by atoms with van der Waals surface area (Å²) in [5.74, 6) is 0.267. The summed E-state index contributed by atoms with van der Waals surface area (Å²) in [6.45, 7) is 13.1. The first-order valence-corrected chi connectivity index (χ1v) is 19.5. The molecule has 6 nitrogen and oxygen atoms in total. The van der Waals surface area contributed by atoms with Crippen molar-refractivity contribution in [3.05, 3.63) is 138 Å². The van der Waals surface area contributed by atoms with Crippen molar-refractivity contribution < 1.29 is 10.2 Å². The Bertz CT molecular complexity index is 3340. The Balaban J connectivity index is 1.45. The Kier molecular flexibility index (Phi) is 7.52. The van der Waals surface area contributed by atoms with Crippen LogP contribution in [0.4, 0.5) is 0 Å². The molecule has 4 aromatic heterocycles. The molecule has 3 N–H and O–H groups in total. The van der Waals surface area contributed by atoms with Gasteiger partial charge in [0, 0.05) is 48.9 Å². The molecule has 0 fully saturated rings. The van der Waals surface area contributed by atoms with Crippen LogP contribution in [0.2, 0.25) is 0 Å². The summed E-state index contributed by atoms with van der Waals surface area (Å²) in [6, 6.07) is 39.3. The van der Waals surface area contributed by atoms with Crippen LogP contribution in [0.1, 0.15) is 64.1 Å². The molecule has 0 unspecified atom stereocenters. The molecule has 1 aliphatic heterocycles. The lowest BCUT2D eigenvalue weighted by Crippen LogP contribution is -2.10. The maximum atomic E-state index is 12.2. The molecule has 5 aromatic carbocycles. The lowest BCUT2D eigenvalue weighted by Gasteiger charge is -2.20. The molecule has 9 aromatic rings. The van der Waals surface area contributed by atoms with E-state index >= 15 is 0 Å². The lowest BCUT2D eigenvalue weighted by atomic mass is 9.85. The maximum absolute atomic E-state index is 12.2. The van der Waals surface area contributed by atoms with Crippen molar-refractivity contribution in [2.24, 2.45) is 0 Å². The highest BCUT2D eigenvalue weighted by Gasteiger charge is 2.21. The summed E-state index contributed by atoms with van der Waals surface area (Å²) in [4.78, 5) is 19.5. The standard InChI is InChI=1S/C51H42N4O2/c1-50(2,3)33-24-35-39-19-21-43(52-39)45(32-14-11-28-9-7-8-10-31(28)23-32)44-22-20-40(53-44)36-25-34(51(4,5)6)27-38(49(36)57)42-18-16-30-13-12-29-15-17-41(37(26-33)48(35)56)54-46(29)47(30)55-42/h7-27,52,56-57H,1-6H3. The highest BCUT2D eigenvalue weighted by Crippen LogP contribution is 2.41. The SMILES string of the molecule is CC(C)(C)c1cc2c3nc(c(-c4ccc5ccccc5c4)c4ccc([nH]4)c4cc(C(C)(C)C)cc(c4O)c4ccc5ccc6ccc(nc6c5n4)c(c1)c2O)C=C3. The van der Waals surface area contributed by atoms with Crippen LogP contribution in [0, 0.1) is 0 Å². The number of H-pyrrole nitrogens is 1. The van der Waals surface area contributed by atoms with E-state index in [9.17, 15) is 10.2 Å². The normalized spacial score (nSPS) is 12.8. The zero-order valence-electron chi connectivity index (χ0n) is 32.9. The van der Waals surface area contributed by atoms with Crippen molar-refractivity contribution in [2.75, 3.05) is 0 Å². The molecular formula is C51H42N4O2. The molecule has 1 aliphatic rings. The fourth-order valence-electron chi connectivity index (χ4n) is 8.13. The zero-order chi connectivity index (χ0) is 39.4. The molecule has 0 saturated carbocycles. The number of hydrogen-bond donors (Lipinski definition) is 3. The Morgan fingerprint density at radius 3 is 1.60 bits per heavy atom. The van der Waals surface area contributed by atoms with Crippen molar-refractivity contribution in [1.82, 2.24) is 19.9 Å². The largest absolute Gasteiger partial charge is 0.507 e. The average molecular weight is 743 g/mol. The second-order valence-corrected chi connectivity index (χ2v) is 17.4. The van der Waals surface area contributed by atoms with Crippen LogP contribution in [-0.2, 0) is 10.8 Å². The van der Waals surface area contributed by atoms with Gasteiger partial charge >= 0.3 is 0 Å². The van der Waals surface area contributed by atoms with Crippen LogP contribution < -0.4 is 0 Å². The highest BCUT2D eigenvalue weighted by atomic mass is 16.3. The highest BCUT2D eigenvalue weighted by molar-refractivity contribution is 6.08. The summed E-state index contributed by atoms with van der Waals surface area (Å²) in [5.41, 5.74) is 9.34. The van der Waals surface area contributed by atoms with E-state index in [0.717, 1.165) is 71.6 Å². The molecule has 0 radical (unpaired) electrons. The van der Waals surface area contributed by atoms with E-state index in [-0.39, 0.29) is 22.3 Å². The summed E-state index contributed by atoms with van der Waals surface area (Å²) in [6.07, 6.45) is 4.02. The fraction of sp³-hybridized carbons (Fsp3) is 0.157. The number of fused-ring (bicyclic) bond motifs is 15. The van der Waals surface area contributed by atoms with Gasteiger partial charge in [0.05, 0.1) is 33.5 Å². The minimum absolute atomic E-state index is 0.122. The van der Waals surface area contributed by atoms with Gasteiger partial charge in [-0.3, -0.25) is 0 Å². The number of hydrogen-bond acceptors (Lipinski definition) is 5. The fourth-order valence-corrected chi connectivity index (χ4v) is 8.13. The van der Waals surface area contributed by atoms with Crippen molar-refractivity contribution in [1.29, 1.82) is 0 Å². The molecule has 6 heteroatoms. The van der Waals surface area contributed by atoms with Gasteiger partial charge in [-0.2, -0.15) is 0 Å². The van der Waals surface area contributed by atoms with E-state index in [2.05, 4.69) is 125 Å². The molecule has 0 saturated heterocycles. The van der Waals surface area contributed by atoms with Crippen molar-refractivity contribution in [3.63, 3.8) is 0 Å². The molecule has 5 heterocycles. The number of rotatable bonds is 1. The monoisotopic (exact) mass is 742 g/mol. The topological polar surface area (TPSA) is 94.9 Å². The maximum Gasteiger partial charge on any atom is 0.134 e.